The third kappa shape index (κ3) is 2.54. The van der Waals surface area contributed by atoms with E-state index < -0.39 is 5.97 Å². The molecule has 0 saturated carbocycles. The maximum absolute atomic E-state index is 11.0. The van der Waals surface area contributed by atoms with Gasteiger partial charge < -0.3 is 10.0 Å². The summed E-state index contributed by atoms with van der Waals surface area (Å²) < 4.78 is 0. The maximum Gasteiger partial charge on any atom is 0.335 e. The number of carboxylic acids is 1. The number of nitrogens with zero attached hydrogens (tertiary/aromatic N) is 2. The maximum atomic E-state index is 11.0. The highest BCUT2D eigenvalue weighted by atomic mass is 16.4. The van der Waals surface area contributed by atoms with Gasteiger partial charge in [0.25, 0.3) is 0 Å². The minimum atomic E-state index is -0.906. The van der Waals surface area contributed by atoms with Gasteiger partial charge in [-0.25, -0.2) is 9.79 Å². The van der Waals surface area contributed by atoms with Crippen LogP contribution in [-0.2, 0) is 13.1 Å². The van der Waals surface area contributed by atoms with Crippen LogP contribution in [0.4, 0.5) is 5.69 Å². The smallest absolute Gasteiger partial charge is 0.335 e. The zero-order chi connectivity index (χ0) is 13.9. The van der Waals surface area contributed by atoms with Crippen LogP contribution < -0.4 is 0 Å². The number of hydrogen-bond donors (Lipinski definition) is 1. The summed E-state index contributed by atoms with van der Waals surface area (Å²) in [5.74, 6) is -0.906. The molecule has 1 N–H and O–H groups in total. The van der Waals surface area contributed by atoms with Gasteiger partial charge in [-0.2, -0.15) is 0 Å². The lowest BCUT2D eigenvalue weighted by atomic mass is 10.1. The van der Waals surface area contributed by atoms with E-state index in [1.807, 2.05) is 24.5 Å². The molecule has 0 aromatic heterocycles. The minimum Gasteiger partial charge on any atom is -0.478 e. The van der Waals surface area contributed by atoms with Crippen molar-refractivity contribution in [3.8, 4) is 0 Å². The normalized spacial score (nSPS) is 13.1. The van der Waals surface area contributed by atoms with Gasteiger partial charge in [-0.1, -0.05) is 30.3 Å². The van der Waals surface area contributed by atoms with Gasteiger partial charge in [0.05, 0.1) is 17.6 Å². The Kier molecular flexibility index (Phi) is 3.21. The van der Waals surface area contributed by atoms with Gasteiger partial charge >= 0.3 is 5.97 Å². The molecule has 0 saturated heterocycles. The van der Waals surface area contributed by atoms with Crippen molar-refractivity contribution in [3.05, 3.63) is 65.2 Å². The summed E-state index contributed by atoms with van der Waals surface area (Å²) in [5, 5.41) is 9.04. The van der Waals surface area contributed by atoms with Gasteiger partial charge in [0.15, 0.2) is 0 Å². The second kappa shape index (κ2) is 5.17. The van der Waals surface area contributed by atoms with Crippen LogP contribution in [0.3, 0.4) is 0 Å². The van der Waals surface area contributed by atoms with Gasteiger partial charge in [-0.05, 0) is 29.3 Å². The summed E-state index contributed by atoms with van der Waals surface area (Å²) in [5.41, 5.74) is 3.31. The van der Waals surface area contributed by atoms with E-state index in [9.17, 15) is 4.79 Å². The first kappa shape index (κ1) is 12.4. The van der Waals surface area contributed by atoms with E-state index >= 15 is 0 Å². The zero-order valence-corrected chi connectivity index (χ0v) is 10.9. The van der Waals surface area contributed by atoms with Crippen molar-refractivity contribution < 1.29 is 9.90 Å². The van der Waals surface area contributed by atoms with Crippen LogP contribution in [-0.4, -0.2) is 22.3 Å². The van der Waals surface area contributed by atoms with Crippen LogP contribution in [0.5, 0.6) is 0 Å². The van der Waals surface area contributed by atoms with E-state index in [-0.39, 0.29) is 0 Å². The molecular weight excluding hydrogens is 252 g/mol. The molecule has 2 aromatic carbocycles. The second-order valence-corrected chi connectivity index (χ2v) is 4.78. The van der Waals surface area contributed by atoms with Crippen LogP contribution in [0.1, 0.15) is 21.5 Å². The molecule has 20 heavy (non-hydrogen) atoms. The standard InChI is InChI=1S/C16H14N2O2/c19-16(20)13-6-7-15-14(8-13)10-18(11-17-15)9-12-4-2-1-3-5-12/h1-8,11H,9-10H2,(H,19,20). The molecule has 1 aliphatic rings. The molecule has 0 atom stereocenters. The highest BCUT2D eigenvalue weighted by Gasteiger charge is 2.14. The monoisotopic (exact) mass is 266 g/mol. The average Bonchev–Trinajstić information content (AvgIpc) is 2.47. The molecule has 0 spiro atoms. The van der Waals surface area contributed by atoms with Gasteiger partial charge in [0.2, 0.25) is 0 Å². The summed E-state index contributed by atoms with van der Waals surface area (Å²) in [6.07, 6.45) is 1.82. The van der Waals surface area contributed by atoms with Gasteiger partial charge in [0, 0.05) is 13.1 Å². The fourth-order valence-corrected chi connectivity index (χ4v) is 2.29. The van der Waals surface area contributed by atoms with E-state index in [1.54, 1.807) is 18.2 Å². The molecule has 0 radical (unpaired) electrons. The molecule has 2 aromatic rings. The number of carbonyl (C=O) groups is 1. The fourth-order valence-electron chi connectivity index (χ4n) is 2.29. The minimum absolute atomic E-state index is 0.306. The van der Waals surface area contributed by atoms with Crippen molar-refractivity contribution in [3.63, 3.8) is 0 Å². The van der Waals surface area contributed by atoms with E-state index in [1.165, 1.54) is 5.56 Å². The molecule has 0 bridgehead atoms. The molecule has 0 fully saturated rings. The Morgan fingerprint density at radius 2 is 2.00 bits per heavy atom. The van der Waals surface area contributed by atoms with Gasteiger partial charge in [0.1, 0.15) is 0 Å². The first-order valence-electron chi connectivity index (χ1n) is 6.41. The lowest BCUT2D eigenvalue weighted by Crippen LogP contribution is -2.23. The van der Waals surface area contributed by atoms with Crippen LogP contribution in [0.15, 0.2) is 53.5 Å². The first-order valence-corrected chi connectivity index (χ1v) is 6.41. The van der Waals surface area contributed by atoms with E-state index in [2.05, 4.69) is 22.0 Å². The number of fused-ring (bicyclic) bond motifs is 1. The molecule has 1 aliphatic heterocycles. The Hall–Kier alpha value is -2.62. The molecule has 4 nitrogen and oxygen atoms in total. The van der Waals surface area contributed by atoms with Crippen molar-refractivity contribution in [1.29, 1.82) is 0 Å². The summed E-state index contributed by atoms with van der Waals surface area (Å²) in [4.78, 5) is 17.5. The Balaban J connectivity index is 1.81. The van der Waals surface area contributed by atoms with Gasteiger partial charge in [-0.15, -0.1) is 0 Å². The van der Waals surface area contributed by atoms with E-state index in [4.69, 9.17) is 5.11 Å². The highest BCUT2D eigenvalue weighted by molar-refractivity contribution is 5.88. The Morgan fingerprint density at radius 1 is 1.20 bits per heavy atom. The van der Waals surface area contributed by atoms with Crippen molar-refractivity contribution >= 4 is 18.0 Å². The summed E-state index contributed by atoms with van der Waals surface area (Å²) in [6.45, 7) is 1.44. The predicted octanol–water partition coefficient (Wildman–Crippen LogP) is 3.06. The molecular formula is C16H14N2O2. The lowest BCUT2D eigenvalue weighted by molar-refractivity contribution is 0.0696. The topological polar surface area (TPSA) is 52.9 Å². The number of benzene rings is 2. The van der Waals surface area contributed by atoms with Crippen molar-refractivity contribution in [1.82, 2.24) is 4.90 Å². The SMILES string of the molecule is O=C(O)c1ccc2c(c1)CN(Cc1ccccc1)C=N2. The summed E-state index contributed by atoms with van der Waals surface area (Å²) in [7, 11) is 0. The molecule has 3 rings (SSSR count). The number of hydrogen-bond acceptors (Lipinski definition) is 3. The van der Waals surface area contributed by atoms with Crippen molar-refractivity contribution in [2.45, 2.75) is 13.1 Å². The zero-order valence-electron chi connectivity index (χ0n) is 10.9. The molecule has 0 amide bonds. The van der Waals surface area contributed by atoms with Crippen LogP contribution in [0, 0.1) is 0 Å². The summed E-state index contributed by atoms with van der Waals surface area (Å²) >= 11 is 0. The number of aliphatic imine (C=N–C) groups is 1. The van der Waals surface area contributed by atoms with Crippen LogP contribution in [0.25, 0.3) is 0 Å². The molecule has 0 aliphatic carbocycles. The first-order chi connectivity index (χ1) is 9.72. The number of rotatable bonds is 3. The largest absolute Gasteiger partial charge is 0.478 e. The fraction of sp³-hybridized carbons (Fsp3) is 0.125. The Bertz CT molecular complexity index is 665. The lowest BCUT2D eigenvalue weighted by Gasteiger charge is -2.24. The van der Waals surface area contributed by atoms with Crippen molar-refractivity contribution in [2.24, 2.45) is 4.99 Å². The average molecular weight is 266 g/mol. The Morgan fingerprint density at radius 3 is 2.75 bits per heavy atom. The third-order valence-electron chi connectivity index (χ3n) is 3.29. The highest BCUT2D eigenvalue weighted by Crippen LogP contribution is 2.26. The third-order valence-corrected chi connectivity index (χ3v) is 3.29. The molecule has 1 heterocycles. The van der Waals surface area contributed by atoms with Crippen LogP contribution >= 0.6 is 0 Å². The summed E-state index contributed by atoms with van der Waals surface area (Å²) in [6, 6.07) is 15.2. The quantitative estimate of drug-likeness (QED) is 0.929. The predicted molar refractivity (Wildman–Crippen MR) is 77.2 cm³/mol. The molecule has 0 unspecified atom stereocenters. The Labute approximate surface area is 117 Å². The van der Waals surface area contributed by atoms with Crippen LogP contribution in [0.2, 0.25) is 0 Å². The number of aromatic carboxylic acids is 1. The molecule has 100 valence electrons. The number of carboxylic acid groups (broad SMARTS) is 1. The van der Waals surface area contributed by atoms with E-state index in [0.29, 0.717) is 12.1 Å². The second-order valence-electron chi connectivity index (χ2n) is 4.78. The van der Waals surface area contributed by atoms with E-state index in [0.717, 1.165) is 17.8 Å². The van der Waals surface area contributed by atoms with Gasteiger partial charge in [-0.3, -0.25) is 0 Å². The molecule has 4 heteroatoms. The van der Waals surface area contributed by atoms with Crippen molar-refractivity contribution in [2.75, 3.05) is 0 Å².